The lowest BCUT2D eigenvalue weighted by Crippen LogP contribution is -2.04. The molecule has 144 valence electrons. The van der Waals surface area contributed by atoms with Crippen molar-refractivity contribution in [3.63, 3.8) is 0 Å². The molecule has 4 N–H and O–H groups in total. The number of epoxide rings is 1. The second-order valence-corrected chi connectivity index (χ2v) is 6.15. The number of carbonyl (C=O) groups is 2. The minimum absolute atomic E-state index is 0.0681. The molecule has 2 atom stereocenters. The number of carboxylic acid groups (broad SMARTS) is 2. The van der Waals surface area contributed by atoms with Gasteiger partial charge in [0.1, 0.15) is 6.23 Å². The lowest BCUT2D eigenvalue weighted by Gasteiger charge is -2.01. The van der Waals surface area contributed by atoms with E-state index in [-0.39, 0.29) is 6.23 Å². The average molecular weight is 347 g/mol. The molecule has 0 saturated carbocycles. The zero-order chi connectivity index (χ0) is 18.8. The van der Waals surface area contributed by atoms with Gasteiger partial charge in [-0.15, -0.1) is 0 Å². The number of aliphatic carboxylic acids is 2. The smallest absolute Gasteiger partial charge is 0.300 e. The van der Waals surface area contributed by atoms with Gasteiger partial charge in [0.2, 0.25) is 0 Å². The fourth-order valence-electron chi connectivity index (χ4n) is 2.22. The first-order chi connectivity index (χ1) is 11.3. The van der Waals surface area contributed by atoms with Gasteiger partial charge in [-0.1, -0.05) is 71.1 Å². The van der Waals surface area contributed by atoms with Crippen molar-refractivity contribution in [1.82, 2.24) is 0 Å². The van der Waals surface area contributed by atoms with Gasteiger partial charge in [-0.3, -0.25) is 9.59 Å². The molecule has 24 heavy (non-hydrogen) atoms. The molecule has 0 radical (unpaired) electrons. The van der Waals surface area contributed by atoms with Crippen LogP contribution in [0.3, 0.4) is 0 Å². The molecule has 0 aromatic carbocycles. The standard InChI is InChI=1S/C14H29NO.2C2H4O2/c1-2-3-4-5-6-7-8-9-10-11-12-13-14(15)16-13;2*1-2(3)4/h13-14H,2-12,15H2,1H3;2*1H3,(H,3,4). The fraction of sp³-hybridized carbons (Fsp3) is 0.889. The maximum atomic E-state index is 9.00. The number of unbranched alkanes of at least 4 members (excludes halogenated alkanes) is 9. The van der Waals surface area contributed by atoms with Crippen LogP contribution in [-0.2, 0) is 14.3 Å². The number of rotatable bonds is 11. The quantitative estimate of drug-likeness (QED) is 0.382. The van der Waals surface area contributed by atoms with Crippen molar-refractivity contribution in [3.05, 3.63) is 0 Å². The van der Waals surface area contributed by atoms with E-state index in [2.05, 4.69) is 6.92 Å². The molecule has 1 aliphatic heterocycles. The molecule has 1 rings (SSSR count). The van der Waals surface area contributed by atoms with E-state index in [1.807, 2.05) is 0 Å². The Hall–Kier alpha value is -1.14. The Balaban J connectivity index is 0. The average Bonchev–Trinajstić information content (AvgIpc) is 3.15. The zero-order valence-corrected chi connectivity index (χ0v) is 15.6. The van der Waals surface area contributed by atoms with Crippen LogP contribution >= 0.6 is 0 Å². The Morgan fingerprint density at radius 1 is 0.833 bits per heavy atom. The van der Waals surface area contributed by atoms with Crippen LogP contribution in [0.4, 0.5) is 0 Å². The highest BCUT2D eigenvalue weighted by atomic mass is 16.6. The number of carboxylic acids is 2. The number of hydrogen-bond donors (Lipinski definition) is 3. The minimum Gasteiger partial charge on any atom is -0.481 e. The Labute approximate surface area is 146 Å². The van der Waals surface area contributed by atoms with Gasteiger partial charge in [-0.25, -0.2) is 0 Å². The Bertz CT molecular complexity index is 290. The minimum atomic E-state index is -0.833. The van der Waals surface area contributed by atoms with E-state index in [1.54, 1.807) is 0 Å². The highest BCUT2D eigenvalue weighted by Gasteiger charge is 2.33. The molecule has 6 nitrogen and oxygen atoms in total. The predicted molar refractivity (Wildman–Crippen MR) is 95.9 cm³/mol. The lowest BCUT2D eigenvalue weighted by molar-refractivity contribution is -0.135. The predicted octanol–water partition coefficient (Wildman–Crippen LogP) is 4.16. The van der Waals surface area contributed by atoms with Crippen LogP contribution in [0.5, 0.6) is 0 Å². The molecular weight excluding hydrogens is 310 g/mol. The Morgan fingerprint density at radius 3 is 1.42 bits per heavy atom. The topological polar surface area (TPSA) is 113 Å². The third-order valence-corrected chi connectivity index (χ3v) is 3.46. The monoisotopic (exact) mass is 347 g/mol. The van der Waals surface area contributed by atoms with Gasteiger partial charge >= 0.3 is 0 Å². The van der Waals surface area contributed by atoms with Gasteiger partial charge in [-0.05, 0) is 6.42 Å². The van der Waals surface area contributed by atoms with E-state index in [0.717, 1.165) is 13.8 Å². The molecule has 2 unspecified atom stereocenters. The van der Waals surface area contributed by atoms with Gasteiger partial charge in [0.05, 0.1) is 6.10 Å². The maximum Gasteiger partial charge on any atom is 0.300 e. The van der Waals surface area contributed by atoms with Crippen molar-refractivity contribution < 1.29 is 24.5 Å². The molecule has 0 aliphatic carbocycles. The summed E-state index contributed by atoms with van der Waals surface area (Å²) in [5, 5.41) is 14.8. The van der Waals surface area contributed by atoms with Crippen LogP contribution in [0.2, 0.25) is 0 Å². The summed E-state index contributed by atoms with van der Waals surface area (Å²) in [5.74, 6) is -1.67. The molecule has 1 saturated heterocycles. The van der Waals surface area contributed by atoms with Gasteiger partial charge < -0.3 is 20.7 Å². The van der Waals surface area contributed by atoms with Crippen molar-refractivity contribution >= 4 is 11.9 Å². The van der Waals surface area contributed by atoms with Crippen molar-refractivity contribution in [2.45, 2.75) is 104 Å². The number of hydrogen-bond acceptors (Lipinski definition) is 4. The van der Waals surface area contributed by atoms with Gasteiger partial charge in [0.25, 0.3) is 11.9 Å². The molecule has 0 aromatic rings. The Kier molecular flexibility index (Phi) is 19.0. The Morgan fingerprint density at radius 2 is 1.12 bits per heavy atom. The third kappa shape index (κ3) is 28.9. The van der Waals surface area contributed by atoms with E-state index in [9.17, 15) is 0 Å². The highest BCUT2D eigenvalue weighted by molar-refractivity contribution is 5.63. The van der Waals surface area contributed by atoms with Crippen LogP contribution in [0.1, 0.15) is 91.4 Å². The molecule has 1 heterocycles. The summed E-state index contributed by atoms with van der Waals surface area (Å²) in [6.45, 7) is 4.44. The molecule has 0 spiro atoms. The second kappa shape index (κ2) is 18.2. The molecule has 0 aromatic heterocycles. The first-order valence-electron chi connectivity index (χ1n) is 9.11. The van der Waals surface area contributed by atoms with E-state index in [4.69, 9.17) is 30.3 Å². The van der Waals surface area contributed by atoms with Crippen molar-refractivity contribution in [1.29, 1.82) is 0 Å². The zero-order valence-electron chi connectivity index (χ0n) is 15.6. The highest BCUT2D eigenvalue weighted by Crippen LogP contribution is 2.23. The van der Waals surface area contributed by atoms with Crippen LogP contribution < -0.4 is 5.73 Å². The molecular formula is C18H37NO5. The van der Waals surface area contributed by atoms with Crippen molar-refractivity contribution in [3.8, 4) is 0 Å². The third-order valence-electron chi connectivity index (χ3n) is 3.46. The molecule has 1 aliphatic rings. The normalized spacial score (nSPS) is 17.8. The van der Waals surface area contributed by atoms with Crippen LogP contribution in [0.25, 0.3) is 0 Å². The van der Waals surface area contributed by atoms with E-state index in [1.165, 1.54) is 70.6 Å². The number of ether oxygens (including phenoxy) is 1. The summed E-state index contributed by atoms with van der Waals surface area (Å²) in [4.78, 5) is 18.0. The molecule has 1 fully saturated rings. The summed E-state index contributed by atoms with van der Waals surface area (Å²) in [6, 6.07) is 0. The summed E-state index contributed by atoms with van der Waals surface area (Å²) >= 11 is 0. The summed E-state index contributed by atoms with van der Waals surface area (Å²) in [6.07, 6.45) is 15.7. The van der Waals surface area contributed by atoms with E-state index < -0.39 is 11.9 Å². The lowest BCUT2D eigenvalue weighted by atomic mass is 10.1. The molecule has 6 heteroatoms. The van der Waals surface area contributed by atoms with Gasteiger partial charge in [-0.2, -0.15) is 0 Å². The summed E-state index contributed by atoms with van der Waals surface area (Å²) < 4.78 is 5.18. The van der Waals surface area contributed by atoms with E-state index in [0.29, 0.717) is 6.10 Å². The van der Waals surface area contributed by atoms with Gasteiger partial charge in [0, 0.05) is 13.8 Å². The summed E-state index contributed by atoms with van der Waals surface area (Å²) in [5.41, 5.74) is 5.56. The first-order valence-corrected chi connectivity index (χ1v) is 9.11. The first kappa shape index (κ1) is 25.1. The van der Waals surface area contributed by atoms with Crippen LogP contribution in [0.15, 0.2) is 0 Å². The SMILES string of the molecule is CC(=O)O.CC(=O)O.CCCCCCCCCCCCC1OC1N. The van der Waals surface area contributed by atoms with Crippen LogP contribution in [-0.4, -0.2) is 34.5 Å². The van der Waals surface area contributed by atoms with E-state index >= 15 is 0 Å². The maximum absolute atomic E-state index is 9.00. The van der Waals surface area contributed by atoms with Crippen LogP contribution in [0, 0.1) is 0 Å². The molecule has 0 bridgehead atoms. The fourth-order valence-corrected chi connectivity index (χ4v) is 2.22. The number of nitrogens with two attached hydrogens (primary N) is 1. The van der Waals surface area contributed by atoms with Crippen molar-refractivity contribution in [2.24, 2.45) is 5.73 Å². The van der Waals surface area contributed by atoms with Crippen molar-refractivity contribution in [2.75, 3.05) is 0 Å². The van der Waals surface area contributed by atoms with Gasteiger partial charge in [0.15, 0.2) is 0 Å². The molecule has 0 amide bonds. The largest absolute Gasteiger partial charge is 0.481 e. The second-order valence-electron chi connectivity index (χ2n) is 6.15. The summed E-state index contributed by atoms with van der Waals surface area (Å²) in [7, 11) is 0.